The van der Waals surface area contributed by atoms with Gasteiger partial charge in [-0.15, -0.1) is 0 Å². The van der Waals surface area contributed by atoms with Crippen molar-refractivity contribution in [3.63, 3.8) is 0 Å². The van der Waals surface area contributed by atoms with E-state index in [-0.39, 0.29) is 18.7 Å². The molecular formula is C11H17F2NO2. The summed E-state index contributed by atoms with van der Waals surface area (Å²) in [7, 11) is 0. The molecular weight excluding hydrogens is 216 g/mol. The van der Waals surface area contributed by atoms with Crippen LogP contribution in [0.3, 0.4) is 0 Å². The largest absolute Gasteiger partial charge is 0.362 e. The molecule has 1 atom stereocenters. The first kappa shape index (κ1) is 11.8. The average molecular weight is 233 g/mol. The van der Waals surface area contributed by atoms with E-state index in [4.69, 9.17) is 4.74 Å². The fourth-order valence-corrected chi connectivity index (χ4v) is 2.23. The highest BCUT2D eigenvalue weighted by Crippen LogP contribution is 2.29. The number of ether oxygens (including phenoxy) is 1. The SMILES string of the molecule is O=C(C1CCC(F)(F)CO1)N1CCCCC1. The smallest absolute Gasteiger partial charge is 0.271 e. The minimum atomic E-state index is -2.75. The summed E-state index contributed by atoms with van der Waals surface area (Å²) in [6, 6.07) is 0. The van der Waals surface area contributed by atoms with Crippen molar-refractivity contribution in [3.05, 3.63) is 0 Å². The van der Waals surface area contributed by atoms with Crippen molar-refractivity contribution in [2.24, 2.45) is 0 Å². The van der Waals surface area contributed by atoms with Gasteiger partial charge in [0.25, 0.3) is 11.8 Å². The van der Waals surface area contributed by atoms with E-state index in [2.05, 4.69) is 0 Å². The maximum Gasteiger partial charge on any atom is 0.271 e. The van der Waals surface area contributed by atoms with E-state index in [1.165, 1.54) is 0 Å². The second kappa shape index (κ2) is 4.65. The molecule has 3 nitrogen and oxygen atoms in total. The van der Waals surface area contributed by atoms with Crippen LogP contribution in [0.15, 0.2) is 0 Å². The molecule has 2 rings (SSSR count). The van der Waals surface area contributed by atoms with Crippen molar-refractivity contribution in [1.82, 2.24) is 4.90 Å². The minimum absolute atomic E-state index is 0.102. The number of amides is 1. The zero-order valence-electron chi connectivity index (χ0n) is 9.25. The van der Waals surface area contributed by atoms with Gasteiger partial charge >= 0.3 is 0 Å². The lowest BCUT2D eigenvalue weighted by Crippen LogP contribution is -2.47. The van der Waals surface area contributed by atoms with Gasteiger partial charge in [0.1, 0.15) is 12.7 Å². The van der Waals surface area contributed by atoms with Crippen LogP contribution in [0, 0.1) is 0 Å². The van der Waals surface area contributed by atoms with E-state index in [1.54, 1.807) is 4.90 Å². The molecule has 0 bridgehead atoms. The molecule has 0 aromatic carbocycles. The van der Waals surface area contributed by atoms with Crippen LogP contribution in [0.2, 0.25) is 0 Å². The molecule has 2 aliphatic heterocycles. The summed E-state index contributed by atoms with van der Waals surface area (Å²) in [5.41, 5.74) is 0. The molecule has 0 radical (unpaired) electrons. The van der Waals surface area contributed by atoms with Gasteiger partial charge in [-0.3, -0.25) is 4.79 Å². The van der Waals surface area contributed by atoms with Gasteiger partial charge < -0.3 is 9.64 Å². The number of carbonyl (C=O) groups excluding carboxylic acids is 1. The van der Waals surface area contributed by atoms with Crippen LogP contribution < -0.4 is 0 Å². The molecule has 2 heterocycles. The van der Waals surface area contributed by atoms with Gasteiger partial charge in [0.15, 0.2) is 0 Å². The van der Waals surface area contributed by atoms with E-state index in [0.29, 0.717) is 0 Å². The van der Waals surface area contributed by atoms with E-state index >= 15 is 0 Å². The normalized spacial score (nSPS) is 30.1. The van der Waals surface area contributed by atoms with Gasteiger partial charge in [-0.1, -0.05) is 0 Å². The molecule has 16 heavy (non-hydrogen) atoms. The van der Waals surface area contributed by atoms with Crippen LogP contribution >= 0.6 is 0 Å². The van der Waals surface area contributed by atoms with Gasteiger partial charge in [-0.25, -0.2) is 8.78 Å². The summed E-state index contributed by atoms with van der Waals surface area (Å²) in [6.45, 7) is 0.876. The molecule has 0 aromatic heterocycles. The van der Waals surface area contributed by atoms with Crippen LogP contribution in [-0.2, 0) is 9.53 Å². The molecule has 0 saturated carbocycles. The number of hydrogen-bond donors (Lipinski definition) is 0. The predicted octanol–water partition coefficient (Wildman–Crippen LogP) is 1.81. The maximum absolute atomic E-state index is 12.8. The van der Waals surface area contributed by atoms with Crippen molar-refractivity contribution in [1.29, 1.82) is 0 Å². The molecule has 2 fully saturated rings. The molecule has 0 spiro atoms. The van der Waals surface area contributed by atoms with Crippen molar-refractivity contribution in [2.75, 3.05) is 19.7 Å². The lowest BCUT2D eigenvalue weighted by atomic mass is 10.0. The Morgan fingerprint density at radius 2 is 1.94 bits per heavy atom. The summed E-state index contributed by atoms with van der Waals surface area (Å²) >= 11 is 0. The number of rotatable bonds is 1. The first-order chi connectivity index (χ1) is 7.58. The Morgan fingerprint density at radius 1 is 1.25 bits per heavy atom. The Labute approximate surface area is 93.7 Å². The van der Waals surface area contributed by atoms with Crippen molar-refractivity contribution in [3.8, 4) is 0 Å². The molecule has 92 valence electrons. The minimum Gasteiger partial charge on any atom is -0.362 e. The molecule has 1 unspecified atom stereocenters. The van der Waals surface area contributed by atoms with Gasteiger partial charge in [0.05, 0.1) is 0 Å². The first-order valence-electron chi connectivity index (χ1n) is 5.87. The first-order valence-corrected chi connectivity index (χ1v) is 5.87. The summed E-state index contributed by atoms with van der Waals surface area (Å²) in [5, 5.41) is 0. The third-order valence-electron chi connectivity index (χ3n) is 3.21. The fourth-order valence-electron chi connectivity index (χ4n) is 2.23. The van der Waals surface area contributed by atoms with E-state index in [9.17, 15) is 13.6 Å². The van der Waals surface area contributed by atoms with E-state index < -0.39 is 18.6 Å². The highest BCUT2D eigenvalue weighted by molar-refractivity contribution is 5.81. The average Bonchev–Trinajstić information content (AvgIpc) is 2.29. The second-order valence-corrected chi connectivity index (χ2v) is 4.58. The Hall–Kier alpha value is -0.710. The predicted molar refractivity (Wildman–Crippen MR) is 54.4 cm³/mol. The van der Waals surface area contributed by atoms with Crippen molar-refractivity contribution >= 4 is 5.91 Å². The molecule has 1 amide bonds. The number of hydrogen-bond acceptors (Lipinski definition) is 2. The number of nitrogens with zero attached hydrogens (tertiary/aromatic N) is 1. The van der Waals surface area contributed by atoms with Crippen molar-refractivity contribution < 1.29 is 18.3 Å². The zero-order chi connectivity index (χ0) is 11.6. The molecule has 0 aromatic rings. The van der Waals surface area contributed by atoms with Crippen LogP contribution in [-0.4, -0.2) is 42.5 Å². The van der Waals surface area contributed by atoms with Crippen LogP contribution in [0.5, 0.6) is 0 Å². The zero-order valence-corrected chi connectivity index (χ0v) is 9.25. The molecule has 0 N–H and O–H groups in total. The summed E-state index contributed by atoms with van der Waals surface area (Å²) < 4.78 is 30.6. The number of halogens is 2. The molecule has 0 aliphatic carbocycles. The highest BCUT2D eigenvalue weighted by Gasteiger charge is 2.39. The summed E-state index contributed by atoms with van der Waals surface area (Å²) in [4.78, 5) is 13.7. The maximum atomic E-state index is 12.8. The number of piperidine rings is 1. The van der Waals surface area contributed by atoms with Crippen molar-refractivity contribution in [2.45, 2.75) is 44.1 Å². The second-order valence-electron chi connectivity index (χ2n) is 4.58. The molecule has 5 heteroatoms. The Morgan fingerprint density at radius 3 is 2.50 bits per heavy atom. The van der Waals surface area contributed by atoms with E-state index in [0.717, 1.165) is 32.4 Å². The summed E-state index contributed by atoms with van der Waals surface area (Å²) in [6.07, 6.45) is 2.42. The lowest BCUT2D eigenvalue weighted by molar-refractivity contribution is -0.170. The fraction of sp³-hybridized carbons (Fsp3) is 0.909. The van der Waals surface area contributed by atoms with Crippen LogP contribution in [0.25, 0.3) is 0 Å². The van der Waals surface area contributed by atoms with Crippen LogP contribution in [0.4, 0.5) is 8.78 Å². The van der Waals surface area contributed by atoms with Gasteiger partial charge in [-0.05, 0) is 25.7 Å². The van der Waals surface area contributed by atoms with Crippen LogP contribution in [0.1, 0.15) is 32.1 Å². The number of carbonyl (C=O) groups is 1. The number of likely N-dealkylation sites (tertiary alicyclic amines) is 1. The summed E-state index contributed by atoms with van der Waals surface area (Å²) in [5.74, 6) is -2.85. The molecule has 2 aliphatic rings. The van der Waals surface area contributed by atoms with E-state index in [1.807, 2.05) is 0 Å². The Bertz CT molecular complexity index is 255. The third-order valence-corrected chi connectivity index (χ3v) is 3.21. The number of alkyl halides is 2. The van der Waals surface area contributed by atoms with Gasteiger partial charge in [0.2, 0.25) is 0 Å². The molecule has 2 saturated heterocycles. The van der Waals surface area contributed by atoms with Gasteiger partial charge in [-0.2, -0.15) is 0 Å². The Balaban J connectivity index is 1.86. The highest BCUT2D eigenvalue weighted by atomic mass is 19.3. The Kier molecular flexibility index (Phi) is 3.42. The lowest BCUT2D eigenvalue weighted by Gasteiger charge is -2.33. The third kappa shape index (κ3) is 2.70. The standard InChI is InChI=1S/C11H17F2NO2/c12-11(13)5-4-9(16-8-11)10(15)14-6-2-1-3-7-14/h9H,1-8H2. The topological polar surface area (TPSA) is 29.5 Å². The quantitative estimate of drug-likeness (QED) is 0.691. The monoisotopic (exact) mass is 233 g/mol. The van der Waals surface area contributed by atoms with Gasteiger partial charge in [0, 0.05) is 19.5 Å².